The number of halogens is 3. The molecular weight excluding hydrogens is 349 g/mol. The fraction of sp³-hybridized carbons (Fsp3) is 0.500. The molecule has 134 valence electrons. The summed E-state index contributed by atoms with van der Waals surface area (Å²) in [5.74, 6) is 0. The van der Waals surface area contributed by atoms with E-state index in [1.54, 1.807) is 6.92 Å². The molecule has 24 heavy (non-hydrogen) atoms. The number of nitrogens with zero attached hydrogens (tertiary/aromatic N) is 2. The van der Waals surface area contributed by atoms with Crippen LogP contribution in [-0.4, -0.2) is 54.5 Å². The lowest BCUT2D eigenvalue weighted by Crippen LogP contribution is -2.55. The van der Waals surface area contributed by atoms with Crippen LogP contribution in [0.1, 0.15) is 18.1 Å². The van der Waals surface area contributed by atoms with Crippen molar-refractivity contribution in [2.75, 3.05) is 19.6 Å². The normalized spacial score (nSPS) is 20.2. The SMILES string of the molecule is Cc1ccc(C(F)(F)F)cc1S(=O)(=O)N1CCN(C(=O)O)[C@@H](C)C1. The van der Waals surface area contributed by atoms with Crippen molar-refractivity contribution in [3.8, 4) is 0 Å². The molecule has 1 aromatic carbocycles. The molecule has 1 aromatic rings. The van der Waals surface area contributed by atoms with Crippen molar-refractivity contribution < 1.29 is 31.5 Å². The molecule has 1 aliphatic heterocycles. The standard InChI is InChI=1S/C14H17F3N2O4S/c1-9-3-4-11(14(15,16)17)7-12(9)24(22,23)18-5-6-19(13(20)21)10(2)8-18/h3-4,7,10H,5-6,8H2,1-2H3,(H,20,21)/t10-/m0/s1. The molecule has 1 aliphatic rings. The van der Waals surface area contributed by atoms with E-state index in [0.29, 0.717) is 6.07 Å². The summed E-state index contributed by atoms with van der Waals surface area (Å²) in [5.41, 5.74) is -0.833. The minimum atomic E-state index is -4.65. The predicted molar refractivity (Wildman–Crippen MR) is 79.1 cm³/mol. The smallest absolute Gasteiger partial charge is 0.416 e. The van der Waals surface area contributed by atoms with Crippen molar-refractivity contribution in [2.24, 2.45) is 0 Å². The van der Waals surface area contributed by atoms with Gasteiger partial charge in [-0.2, -0.15) is 17.5 Å². The van der Waals surface area contributed by atoms with Crippen LogP contribution in [0.2, 0.25) is 0 Å². The summed E-state index contributed by atoms with van der Waals surface area (Å²) in [4.78, 5) is 11.7. The van der Waals surface area contributed by atoms with Gasteiger partial charge in [-0.05, 0) is 31.5 Å². The first-order chi connectivity index (χ1) is 10.9. The van der Waals surface area contributed by atoms with Crippen molar-refractivity contribution in [3.63, 3.8) is 0 Å². The number of hydrogen-bond donors (Lipinski definition) is 1. The number of hydrogen-bond acceptors (Lipinski definition) is 3. The fourth-order valence-corrected chi connectivity index (χ4v) is 4.38. The first kappa shape index (κ1) is 18.5. The minimum Gasteiger partial charge on any atom is -0.465 e. The molecule has 0 spiro atoms. The Hall–Kier alpha value is -1.81. The van der Waals surface area contributed by atoms with E-state index in [-0.39, 0.29) is 25.2 Å². The molecule has 6 nitrogen and oxygen atoms in total. The number of alkyl halides is 3. The maximum Gasteiger partial charge on any atom is 0.416 e. The highest BCUT2D eigenvalue weighted by Crippen LogP contribution is 2.33. The molecule has 0 aliphatic carbocycles. The van der Waals surface area contributed by atoms with Crippen LogP contribution in [0, 0.1) is 6.92 Å². The number of amides is 1. The maximum atomic E-state index is 12.9. The average Bonchev–Trinajstić information content (AvgIpc) is 2.45. The second-order valence-electron chi connectivity index (χ2n) is 5.67. The van der Waals surface area contributed by atoms with Crippen molar-refractivity contribution in [1.29, 1.82) is 0 Å². The lowest BCUT2D eigenvalue weighted by Gasteiger charge is -2.37. The van der Waals surface area contributed by atoms with Gasteiger partial charge in [0.1, 0.15) is 0 Å². The molecule has 0 radical (unpaired) electrons. The summed E-state index contributed by atoms with van der Waals surface area (Å²) in [5, 5.41) is 9.02. The maximum absolute atomic E-state index is 12.9. The van der Waals surface area contributed by atoms with Gasteiger partial charge in [-0.3, -0.25) is 0 Å². The first-order valence-corrected chi connectivity index (χ1v) is 8.56. The predicted octanol–water partition coefficient (Wildman–Crippen LogP) is 2.39. The van der Waals surface area contributed by atoms with Gasteiger partial charge in [-0.25, -0.2) is 13.2 Å². The number of aryl methyl sites for hydroxylation is 1. The largest absolute Gasteiger partial charge is 0.465 e. The van der Waals surface area contributed by atoms with Crippen molar-refractivity contribution >= 4 is 16.1 Å². The second kappa shape index (κ2) is 6.25. The lowest BCUT2D eigenvalue weighted by atomic mass is 10.1. The van der Waals surface area contributed by atoms with Gasteiger partial charge in [0.2, 0.25) is 10.0 Å². The quantitative estimate of drug-likeness (QED) is 0.872. The Balaban J connectivity index is 2.36. The molecule has 0 saturated carbocycles. The lowest BCUT2D eigenvalue weighted by molar-refractivity contribution is -0.137. The van der Waals surface area contributed by atoms with Crippen LogP contribution in [0.25, 0.3) is 0 Å². The van der Waals surface area contributed by atoms with E-state index >= 15 is 0 Å². The molecule has 1 atom stereocenters. The molecule has 0 bridgehead atoms. The monoisotopic (exact) mass is 366 g/mol. The molecule has 1 fully saturated rings. The third-order valence-corrected chi connectivity index (χ3v) is 5.98. The van der Waals surface area contributed by atoms with Crippen LogP contribution >= 0.6 is 0 Å². The summed E-state index contributed by atoms with van der Waals surface area (Å²) in [7, 11) is -4.14. The van der Waals surface area contributed by atoms with Crippen LogP contribution in [0.4, 0.5) is 18.0 Å². The summed E-state index contributed by atoms with van der Waals surface area (Å²) in [6.07, 6.45) is -5.80. The van der Waals surface area contributed by atoms with Gasteiger partial charge >= 0.3 is 12.3 Å². The van der Waals surface area contributed by atoms with Crippen LogP contribution in [-0.2, 0) is 16.2 Å². The molecule has 10 heteroatoms. The first-order valence-electron chi connectivity index (χ1n) is 7.12. The third-order valence-electron chi connectivity index (χ3n) is 3.97. The van der Waals surface area contributed by atoms with E-state index < -0.39 is 38.8 Å². The molecule has 1 saturated heterocycles. The number of carbonyl (C=O) groups is 1. The van der Waals surface area contributed by atoms with Crippen molar-refractivity contribution in [3.05, 3.63) is 29.3 Å². The van der Waals surface area contributed by atoms with Gasteiger partial charge in [0, 0.05) is 25.7 Å². The van der Waals surface area contributed by atoms with Crippen LogP contribution in [0.5, 0.6) is 0 Å². The van der Waals surface area contributed by atoms with Gasteiger partial charge in [0.25, 0.3) is 0 Å². The topological polar surface area (TPSA) is 77.9 Å². The number of rotatable bonds is 2. The van der Waals surface area contributed by atoms with Crippen LogP contribution in [0.3, 0.4) is 0 Å². The molecule has 1 N–H and O–H groups in total. The number of benzene rings is 1. The van der Waals surface area contributed by atoms with Crippen molar-refractivity contribution in [1.82, 2.24) is 9.21 Å². The zero-order chi connectivity index (χ0) is 18.3. The summed E-state index contributed by atoms with van der Waals surface area (Å²) in [6, 6.07) is 1.99. The Labute approximate surface area is 137 Å². The Bertz CT molecular complexity index is 749. The number of carboxylic acid groups (broad SMARTS) is 1. The molecule has 0 aromatic heterocycles. The van der Waals surface area contributed by atoms with E-state index in [2.05, 4.69) is 0 Å². The number of sulfonamides is 1. The minimum absolute atomic E-state index is 0.0340. The highest BCUT2D eigenvalue weighted by atomic mass is 32.2. The molecule has 0 unspecified atom stereocenters. The van der Waals surface area contributed by atoms with Gasteiger partial charge in [0.15, 0.2) is 0 Å². The zero-order valence-corrected chi connectivity index (χ0v) is 13.9. The highest BCUT2D eigenvalue weighted by molar-refractivity contribution is 7.89. The highest BCUT2D eigenvalue weighted by Gasteiger charge is 2.37. The van der Waals surface area contributed by atoms with Gasteiger partial charge in [0.05, 0.1) is 10.5 Å². The van der Waals surface area contributed by atoms with Gasteiger partial charge in [-0.1, -0.05) is 6.07 Å². The van der Waals surface area contributed by atoms with E-state index in [1.807, 2.05) is 0 Å². The van der Waals surface area contributed by atoms with Gasteiger partial charge < -0.3 is 10.0 Å². The van der Waals surface area contributed by atoms with E-state index in [1.165, 1.54) is 6.92 Å². The number of piperazine rings is 1. The molecule has 1 heterocycles. The second-order valence-corrected chi connectivity index (χ2v) is 7.57. The van der Waals surface area contributed by atoms with E-state index in [9.17, 15) is 26.4 Å². The average molecular weight is 366 g/mol. The Morgan fingerprint density at radius 3 is 2.42 bits per heavy atom. The molecule has 2 rings (SSSR count). The van der Waals surface area contributed by atoms with Crippen LogP contribution in [0.15, 0.2) is 23.1 Å². The Morgan fingerprint density at radius 1 is 1.29 bits per heavy atom. The Kier molecular flexibility index (Phi) is 4.82. The van der Waals surface area contributed by atoms with Crippen molar-refractivity contribution in [2.45, 2.75) is 31.0 Å². The van der Waals surface area contributed by atoms with Crippen LogP contribution < -0.4 is 0 Å². The van der Waals surface area contributed by atoms with Gasteiger partial charge in [-0.15, -0.1) is 0 Å². The summed E-state index contributed by atoms with van der Waals surface area (Å²) < 4.78 is 65.0. The summed E-state index contributed by atoms with van der Waals surface area (Å²) in [6.45, 7) is 2.73. The zero-order valence-electron chi connectivity index (χ0n) is 13.0. The molecular formula is C14H17F3N2O4S. The fourth-order valence-electron chi connectivity index (χ4n) is 2.62. The van der Waals surface area contributed by atoms with E-state index in [0.717, 1.165) is 21.3 Å². The third kappa shape index (κ3) is 3.48. The summed E-state index contributed by atoms with van der Waals surface area (Å²) >= 11 is 0. The molecule has 1 amide bonds. The Morgan fingerprint density at radius 2 is 1.92 bits per heavy atom. The van der Waals surface area contributed by atoms with E-state index in [4.69, 9.17) is 5.11 Å².